The number of hydrogen-bond acceptors (Lipinski definition) is 5. The van der Waals surface area contributed by atoms with Gasteiger partial charge < -0.3 is 9.47 Å². The van der Waals surface area contributed by atoms with E-state index in [9.17, 15) is 14.0 Å². The number of hydrazone groups is 1. The quantitative estimate of drug-likeness (QED) is 0.151. The van der Waals surface area contributed by atoms with Crippen LogP contribution in [0.2, 0.25) is 0 Å². The van der Waals surface area contributed by atoms with Crippen molar-refractivity contribution in [3.8, 4) is 11.5 Å². The van der Waals surface area contributed by atoms with Gasteiger partial charge in [-0.25, -0.2) is 14.6 Å². The van der Waals surface area contributed by atoms with Crippen molar-refractivity contribution in [3.05, 3.63) is 106 Å². The van der Waals surface area contributed by atoms with Crippen LogP contribution in [0.15, 0.2) is 94.5 Å². The average Bonchev–Trinajstić information content (AvgIpc) is 2.85. The van der Waals surface area contributed by atoms with E-state index in [4.69, 9.17) is 9.47 Å². The van der Waals surface area contributed by atoms with E-state index in [0.717, 1.165) is 15.2 Å². The van der Waals surface area contributed by atoms with E-state index in [-0.39, 0.29) is 17.9 Å². The highest BCUT2D eigenvalue weighted by Crippen LogP contribution is 2.32. The fraction of sp³-hybridized carbons (Fsp3) is 0.0385. The summed E-state index contributed by atoms with van der Waals surface area (Å²) >= 11 is 3.52. The van der Waals surface area contributed by atoms with E-state index in [1.807, 2.05) is 30.3 Å². The molecule has 4 aromatic rings. The lowest BCUT2D eigenvalue weighted by molar-refractivity contribution is -0.123. The van der Waals surface area contributed by atoms with Gasteiger partial charge in [0.2, 0.25) is 0 Å². The largest absolute Gasteiger partial charge is 0.483 e. The van der Waals surface area contributed by atoms with E-state index >= 15 is 0 Å². The molecular weight excluding hydrogens is 503 g/mol. The number of fused-ring (bicyclic) bond motifs is 1. The second-order valence-corrected chi connectivity index (χ2v) is 7.91. The van der Waals surface area contributed by atoms with Gasteiger partial charge in [-0.3, -0.25) is 4.79 Å². The Hall–Kier alpha value is -4.04. The van der Waals surface area contributed by atoms with Crippen molar-refractivity contribution in [2.24, 2.45) is 5.10 Å². The summed E-state index contributed by atoms with van der Waals surface area (Å²) in [6, 6.07) is 23.5. The first-order valence-corrected chi connectivity index (χ1v) is 11.0. The summed E-state index contributed by atoms with van der Waals surface area (Å²) < 4.78 is 25.2. The van der Waals surface area contributed by atoms with Crippen molar-refractivity contribution in [1.29, 1.82) is 0 Å². The minimum atomic E-state index is -0.787. The number of carbonyl (C=O) groups is 2. The molecule has 1 N–H and O–H groups in total. The fourth-order valence-electron chi connectivity index (χ4n) is 3.09. The fourth-order valence-corrected chi connectivity index (χ4v) is 3.70. The number of nitrogens with one attached hydrogen (secondary N) is 1. The molecule has 0 atom stereocenters. The van der Waals surface area contributed by atoms with E-state index in [1.165, 1.54) is 24.4 Å². The maximum absolute atomic E-state index is 13.7. The van der Waals surface area contributed by atoms with Crippen LogP contribution in [0.5, 0.6) is 11.5 Å². The molecule has 170 valence electrons. The molecule has 0 aromatic heterocycles. The molecule has 0 unspecified atom stereocenters. The van der Waals surface area contributed by atoms with Crippen LogP contribution in [0.4, 0.5) is 4.39 Å². The topological polar surface area (TPSA) is 77.0 Å². The molecule has 6 nitrogen and oxygen atoms in total. The minimum absolute atomic E-state index is 0.145. The summed E-state index contributed by atoms with van der Waals surface area (Å²) in [5.74, 6) is -1.05. The van der Waals surface area contributed by atoms with Crippen LogP contribution < -0.4 is 14.9 Å². The van der Waals surface area contributed by atoms with Crippen LogP contribution in [0.3, 0.4) is 0 Å². The van der Waals surface area contributed by atoms with Crippen LogP contribution >= 0.6 is 15.9 Å². The van der Waals surface area contributed by atoms with Crippen molar-refractivity contribution in [1.82, 2.24) is 5.43 Å². The molecular formula is C26H18BrFN2O4. The van der Waals surface area contributed by atoms with Crippen molar-refractivity contribution >= 4 is 44.8 Å². The Labute approximate surface area is 203 Å². The van der Waals surface area contributed by atoms with E-state index in [2.05, 4.69) is 26.5 Å². The highest BCUT2D eigenvalue weighted by Gasteiger charge is 2.13. The summed E-state index contributed by atoms with van der Waals surface area (Å²) in [4.78, 5) is 24.1. The minimum Gasteiger partial charge on any atom is -0.483 e. The third-order valence-corrected chi connectivity index (χ3v) is 5.59. The molecule has 34 heavy (non-hydrogen) atoms. The highest BCUT2D eigenvalue weighted by atomic mass is 79.9. The van der Waals surface area contributed by atoms with Gasteiger partial charge in [-0.1, -0.05) is 42.5 Å². The Bertz CT molecular complexity index is 1370. The smallest absolute Gasteiger partial charge is 0.346 e. The predicted octanol–water partition coefficient (Wildman–Crippen LogP) is 5.49. The molecule has 0 aliphatic heterocycles. The zero-order chi connectivity index (χ0) is 23.9. The molecule has 0 saturated carbocycles. The van der Waals surface area contributed by atoms with Crippen LogP contribution in [0, 0.1) is 5.82 Å². The second kappa shape index (κ2) is 10.7. The first-order valence-electron chi connectivity index (χ1n) is 10.2. The zero-order valence-electron chi connectivity index (χ0n) is 17.7. The Morgan fingerprint density at radius 3 is 2.47 bits per heavy atom. The van der Waals surface area contributed by atoms with Gasteiger partial charge in [0.1, 0.15) is 17.3 Å². The van der Waals surface area contributed by atoms with E-state index in [1.54, 1.807) is 36.4 Å². The van der Waals surface area contributed by atoms with E-state index in [0.29, 0.717) is 11.3 Å². The number of hydrogen-bond donors (Lipinski definition) is 1. The number of carbonyl (C=O) groups excluding carboxylic acids is 2. The maximum Gasteiger partial charge on any atom is 0.346 e. The van der Waals surface area contributed by atoms with Gasteiger partial charge in [0.05, 0.1) is 16.3 Å². The zero-order valence-corrected chi connectivity index (χ0v) is 19.3. The molecule has 0 saturated heterocycles. The van der Waals surface area contributed by atoms with Crippen molar-refractivity contribution < 1.29 is 23.5 Å². The lowest BCUT2D eigenvalue weighted by Gasteiger charge is -2.09. The molecule has 0 fully saturated rings. The van der Waals surface area contributed by atoms with Gasteiger partial charge >= 0.3 is 5.97 Å². The van der Waals surface area contributed by atoms with Crippen LogP contribution in [-0.2, 0) is 4.79 Å². The second-order valence-electron chi connectivity index (χ2n) is 7.12. The molecule has 1 amide bonds. The standard InChI is InChI=1S/C26H18BrFN2O4/c27-25-20-6-2-1-5-18(20)11-14-23(25)33-16-24(31)30-29-15-17-9-12-19(13-10-17)34-26(32)21-7-3-4-8-22(21)28/h1-15H,16H2,(H,30,31)/b29-15-. The Balaban J connectivity index is 1.28. The van der Waals surface area contributed by atoms with Crippen molar-refractivity contribution in [3.63, 3.8) is 0 Å². The van der Waals surface area contributed by atoms with Gasteiger partial charge in [0.25, 0.3) is 5.91 Å². The van der Waals surface area contributed by atoms with Gasteiger partial charge in [-0.05, 0) is 74.7 Å². The number of nitrogens with zero attached hydrogens (tertiary/aromatic N) is 1. The van der Waals surface area contributed by atoms with Gasteiger partial charge in [0, 0.05) is 0 Å². The van der Waals surface area contributed by atoms with Crippen molar-refractivity contribution in [2.45, 2.75) is 0 Å². The van der Waals surface area contributed by atoms with Crippen molar-refractivity contribution in [2.75, 3.05) is 6.61 Å². The third-order valence-electron chi connectivity index (χ3n) is 4.77. The number of benzene rings is 4. The van der Waals surface area contributed by atoms with Crippen LogP contribution in [-0.4, -0.2) is 24.7 Å². The van der Waals surface area contributed by atoms with Crippen LogP contribution in [0.25, 0.3) is 10.8 Å². The normalized spacial score (nSPS) is 10.9. The Morgan fingerprint density at radius 2 is 1.68 bits per heavy atom. The van der Waals surface area contributed by atoms with E-state index < -0.39 is 17.7 Å². The third kappa shape index (κ3) is 5.65. The predicted molar refractivity (Wildman–Crippen MR) is 131 cm³/mol. The Morgan fingerprint density at radius 1 is 0.941 bits per heavy atom. The maximum atomic E-state index is 13.7. The lowest BCUT2D eigenvalue weighted by Crippen LogP contribution is -2.24. The summed E-state index contributed by atoms with van der Waals surface area (Å²) in [5, 5.41) is 5.95. The summed E-state index contributed by atoms with van der Waals surface area (Å²) in [5.41, 5.74) is 2.91. The van der Waals surface area contributed by atoms with Gasteiger partial charge in [-0.15, -0.1) is 0 Å². The molecule has 0 spiro atoms. The van der Waals surface area contributed by atoms with Gasteiger partial charge in [0.15, 0.2) is 6.61 Å². The molecule has 4 aromatic carbocycles. The summed E-state index contributed by atoms with van der Waals surface area (Å²) in [7, 11) is 0. The highest BCUT2D eigenvalue weighted by molar-refractivity contribution is 9.10. The molecule has 0 aliphatic rings. The average molecular weight is 521 g/mol. The summed E-state index contributed by atoms with van der Waals surface area (Å²) in [6.07, 6.45) is 1.44. The molecule has 8 heteroatoms. The lowest BCUT2D eigenvalue weighted by atomic mass is 10.1. The molecule has 0 bridgehead atoms. The number of halogens is 2. The molecule has 0 radical (unpaired) electrons. The molecule has 0 aliphatic carbocycles. The SMILES string of the molecule is O=C(COc1ccc2ccccc2c1Br)N/N=C\c1ccc(OC(=O)c2ccccc2F)cc1. The number of rotatable bonds is 7. The monoisotopic (exact) mass is 520 g/mol. The number of esters is 1. The Kier molecular flexibility index (Phi) is 7.29. The first-order chi connectivity index (χ1) is 16.5. The van der Waals surface area contributed by atoms with Gasteiger partial charge in [-0.2, -0.15) is 5.10 Å². The molecule has 4 rings (SSSR count). The number of ether oxygens (including phenoxy) is 2. The first kappa shape index (κ1) is 23.1. The van der Waals surface area contributed by atoms with Crippen LogP contribution in [0.1, 0.15) is 15.9 Å². The molecule has 0 heterocycles. The summed E-state index contributed by atoms with van der Waals surface area (Å²) in [6.45, 7) is -0.209. The number of amides is 1.